The number of hydrogen-bond acceptors (Lipinski definition) is 3. The Balaban J connectivity index is 3.11. The van der Waals surface area contributed by atoms with E-state index in [2.05, 4.69) is 5.32 Å². The number of rotatable bonds is 3. The van der Waals surface area contributed by atoms with Crippen LogP contribution in [0.2, 0.25) is 0 Å². The molecule has 1 N–H and O–H groups in total. The first-order valence-corrected chi connectivity index (χ1v) is 6.89. The number of carbonyl (C=O) groups is 1. The first-order chi connectivity index (χ1) is 7.32. The van der Waals surface area contributed by atoms with Crippen LogP contribution in [-0.2, 0) is 14.6 Å². The number of benzene rings is 1. The SMILES string of the molecule is C[C@H](Cl)C(=O)Nc1ccccc1S(C)(=O)=O. The zero-order valence-electron chi connectivity index (χ0n) is 8.90. The fraction of sp³-hybridized carbons (Fsp3) is 0.300. The summed E-state index contributed by atoms with van der Waals surface area (Å²) >= 11 is 5.58. The van der Waals surface area contributed by atoms with Crippen molar-refractivity contribution in [2.24, 2.45) is 0 Å². The average Bonchev–Trinajstić information content (AvgIpc) is 2.16. The lowest BCUT2D eigenvalue weighted by Crippen LogP contribution is -2.21. The highest BCUT2D eigenvalue weighted by molar-refractivity contribution is 7.90. The average molecular weight is 262 g/mol. The Morgan fingerprint density at radius 1 is 1.38 bits per heavy atom. The molecule has 16 heavy (non-hydrogen) atoms. The van der Waals surface area contributed by atoms with Crippen LogP contribution < -0.4 is 5.32 Å². The van der Waals surface area contributed by atoms with Crippen LogP contribution in [0, 0.1) is 0 Å². The van der Waals surface area contributed by atoms with Gasteiger partial charge in [-0.05, 0) is 19.1 Å². The van der Waals surface area contributed by atoms with E-state index in [0.717, 1.165) is 6.26 Å². The van der Waals surface area contributed by atoms with E-state index in [1.165, 1.54) is 19.1 Å². The summed E-state index contributed by atoms with van der Waals surface area (Å²) in [5, 5.41) is 1.75. The fourth-order valence-corrected chi connectivity index (χ4v) is 2.02. The number of halogens is 1. The van der Waals surface area contributed by atoms with Crippen molar-refractivity contribution in [2.45, 2.75) is 17.2 Å². The standard InChI is InChI=1S/C10H12ClNO3S/c1-7(11)10(13)12-8-5-3-4-6-9(8)16(2,14)15/h3-7H,1-2H3,(H,12,13)/t7-/m0/s1. The van der Waals surface area contributed by atoms with Crippen LogP contribution in [0.4, 0.5) is 5.69 Å². The first-order valence-electron chi connectivity index (χ1n) is 4.56. The number of amides is 1. The molecule has 88 valence electrons. The molecule has 0 aliphatic carbocycles. The molecule has 4 nitrogen and oxygen atoms in total. The molecular weight excluding hydrogens is 250 g/mol. The third-order valence-corrected chi connectivity index (χ3v) is 3.26. The van der Waals surface area contributed by atoms with E-state index in [1.807, 2.05) is 0 Å². The predicted molar refractivity (Wildman–Crippen MR) is 63.5 cm³/mol. The van der Waals surface area contributed by atoms with Crippen LogP contribution in [-0.4, -0.2) is 26.0 Å². The van der Waals surface area contributed by atoms with E-state index >= 15 is 0 Å². The van der Waals surface area contributed by atoms with Crippen molar-refractivity contribution in [3.8, 4) is 0 Å². The van der Waals surface area contributed by atoms with E-state index in [-0.39, 0.29) is 10.6 Å². The molecule has 6 heteroatoms. The van der Waals surface area contributed by atoms with Crippen molar-refractivity contribution >= 4 is 33.0 Å². The molecule has 0 saturated carbocycles. The smallest absolute Gasteiger partial charge is 0.242 e. The third kappa shape index (κ3) is 3.21. The molecule has 0 spiro atoms. The summed E-state index contributed by atoms with van der Waals surface area (Å²) in [6, 6.07) is 6.19. The quantitative estimate of drug-likeness (QED) is 0.842. The Labute approximate surface area is 99.5 Å². The molecule has 1 atom stereocenters. The second-order valence-corrected chi connectivity index (χ2v) is 6.01. The van der Waals surface area contributed by atoms with Crippen LogP contribution in [0.3, 0.4) is 0 Å². The van der Waals surface area contributed by atoms with Crippen molar-refractivity contribution in [1.82, 2.24) is 0 Å². The Kier molecular flexibility index (Phi) is 3.93. The Hall–Kier alpha value is -1.07. The second-order valence-electron chi connectivity index (χ2n) is 3.37. The maximum Gasteiger partial charge on any atom is 0.242 e. The molecule has 0 aromatic heterocycles. The van der Waals surface area contributed by atoms with Gasteiger partial charge in [0.15, 0.2) is 9.84 Å². The second kappa shape index (κ2) is 4.84. The molecule has 1 aromatic rings. The van der Waals surface area contributed by atoms with Crippen molar-refractivity contribution in [3.05, 3.63) is 24.3 Å². The van der Waals surface area contributed by atoms with Gasteiger partial charge in [-0.15, -0.1) is 11.6 Å². The Bertz CT molecular complexity index is 497. The summed E-state index contributed by atoms with van der Waals surface area (Å²) in [4.78, 5) is 11.4. The van der Waals surface area contributed by atoms with Gasteiger partial charge in [-0.2, -0.15) is 0 Å². The molecule has 1 amide bonds. The van der Waals surface area contributed by atoms with E-state index in [1.54, 1.807) is 12.1 Å². The summed E-state index contributed by atoms with van der Waals surface area (Å²) in [5.74, 6) is -0.433. The minimum absolute atomic E-state index is 0.0840. The van der Waals surface area contributed by atoms with Crippen LogP contribution in [0.25, 0.3) is 0 Å². The van der Waals surface area contributed by atoms with Gasteiger partial charge in [-0.3, -0.25) is 4.79 Å². The minimum atomic E-state index is -3.36. The number of hydrogen-bond donors (Lipinski definition) is 1. The third-order valence-electron chi connectivity index (χ3n) is 1.91. The van der Waals surface area contributed by atoms with Gasteiger partial charge in [-0.1, -0.05) is 12.1 Å². The number of alkyl halides is 1. The topological polar surface area (TPSA) is 63.2 Å². The Morgan fingerprint density at radius 2 is 1.94 bits per heavy atom. The number of anilines is 1. The molecule has 0 fully saturated rings. The number of sulfone groups is 1. The molecule has 0 aliphatic heterocycles. The summed E-state index contributed by atoms with van der Waals surface area (Å²) < 4.78 is 22.8. The summed E-state index contributed by atoms with van der Waals surface area (Å²) in [6.07, 6.45) is 1.09. The molecule has 0 radical (unpaired) electrons. The molecule has 1 rings (SSSR count). The molecule has 0 aliphatic rings. The van der Waals surface area contributed by atoms with Gasteiger partial charge < -0.3 is 5.32 Å². The highest BCUT2D eigenvalue weighted by atomic mass is 35.5. The molecule has 0 heterocycles. The molecule has 0 bridgehead atoms. The number of carbonyl (C=O) groups excluding carboxylic acids is 1. The van der Waals surface area contributed by atoms with Gasteiger partial charge in [0.25, 0.3) is 0 Å². The minimum Gasteiger partial charge on any atom is -0.324 e. The van der Waals surface area contributed by atoms with Crippen molar-refractivity contribution in [1.29, 1.82) is 0 Å². The van der Waals surface area contributed by atoms with Crippen molar-refractivity contribution in [3.63, 3.8) is 0 Å². The maximum absolute atomic E-state index is 11.4. The predicted octanol–water partition coefficient (Wildman–Crippen LogP) is 1.66. The highest BCUT2D eigenvalue weighted by Crippen LogP contribution is 2.20. The van der Waals surface area contributed by atoms with E-state index in [0.29, 0.717) is 0 Å². The fourth-order valence-electron chi connectivity index (χ4n) is 1.13. The molecule has 1 aromatic carbocycles. The lowest BCUT2D eigenvalue weighted by Gasteiger charge is -2.10. The van der Waals surface area contributed by atoms with Gasteiger partial charge in [-0.25, -0.2) is 8.42 Å². The summed E-state index contributed by atoms with van der Waals surface area (Å²) in [6.45, 7) is 1.51. The summed E-state index contributed by atoms with van der Waals surface area (Å²) in [5.41, 5.74) is 0.252. The molecule has 0 unspecified atom stereocenters. The molecule has 0 saturated heterocycles. The van der Waals surface area contributed by atoms with Crippen LogP contribution in [0.15, 0.2) is 29.2 Å². The first kappa shape index (κ1) is 13.0. The van der Waals surface area contributed by atoms with Crippen LogP contribution >= 0.6 is 11.6 Å². The van der Waals surface area contributed by atoms with Crippen molar-refractivity contribution in [2.75, 3.05) is 11.6 Å². The van der Waals surface area contributed by atoms with Crippen LogP contribution in [0.5, 0.6) is 0 Å². The monoisotopic (exact) mass is 261 g/mol. The zero-order valence-corrected chi connectivity index (χ0v) is 10.5. The van der Waals surface area contributed by atoms with Gasteiger partial charge in [0.05, 0.1) is 10.6 Å². The van der Waals surface area contributed by atoms with Crippen LogP contribution in [0.1, 0.15) is 6.92 Å². The van der Waals surface area contributed by atoms with Gasteiger partial charge in [0, 0.05) is 6.26 Å². The number of nitrogens with one attached hydrogen (secondary N) is 1. The molecular formula is C10H12ClNO3S. The van der Waals surface area contributed by atoms with E-state index in [4.69, 9.17) is 11.6 Å². The lowest BCUT2D eigenvalue weighted by molar-refractivity contribution is -0.115. The van der Waals surface area contributed by atoms with Gasteiger partial charge in [0.2, 0.25) is 5.91 Å². The largest absolute Gasteiger partial charge is 0.324 e. The van der Waals surface area contributed by atoms with Gasteiger partial charge >= 0.3 is 0 Å². The van der Waals surface area contributed by atoms with Crippen molar-refractivity contribution < 1.29 is 13.2 Å². The highest BCUT2D eigenvalue weighted by Gasteiger charge is 2.16. The maximum atomic E-state index is 11.4. The number of para-hydroxylation sites is 1. The summed E-state index contributed by atoms with van der Waals surface area (Å²) in [7, 11) is -3.36. The zero-order chi connectivity index (χ0) is 12.3. The Morgan fingerprint density at radius 3 is 2.44 bits per heavy atom. The van der Waals surface area contributed by atoms with E-state index in [9.17, 15) is 13.2 Å². The lowest BCUT2D eigenvalue weighted by atomic mass is 10.3. The van der Waals surface area contributed by atoms with E-state index < -0.39 is 21.1 Å². The normalized spacial score (nSPS) is 13.2. The van der Waals surface area contributed by atoms with Gasteiger partial charge in [0.1, 0.15) is 5.38 Å².